The van der Waals surface area contributed by atoms with Crippen LogP contribution in [0.3, 0.4) is 0 Å². The van der Waals surface area contributed by atoms with E-state index in [-0.39, 0.29) is 11.9 Å². The Balaban J connectivity index is 1.56. The van der Waals surface area contributed by atoms with E-state index in [1.54, 1.807) is 24.0 Å². The molecule has 0 atom stereocenters. The second kappa shape index (κ2) is 5.16. The second-order valence-corrected chi connectivity index (χ2v) is 5.42. The second-order valence-electron chi connectivity index (χ2n) is 5.42. The third-order valence-corrected chi connectivity index (χ3v) is 3.71. The summed E-state index contributed by atoms with van der Waals surface area (Å²) in [6.07, 6.45) is 1.76. The maximum absolute atomic E-state index is 12.0. The van der Waals surface area contributed by atoms with Crippen LogP contribution in [0.2, 0.25) is 0 Å². The van der Waals surface area contributed by atoms with Crippen LogP contribution in [0.5, 0.6) is 0 Å². The summed E-state index contributed by atoms with van der Waals surface area (Å²) in [7, 11) is 1.79. The standard InChI is InChI=1S/C14H18N6O/c1-9-6-13(17-16-10(9)2)20-7-11(8-20)15-14(21)12-4-5-19(3)18-12/h4-6,11H,7-8H2,1-3H3,(H,15,21). The fourth-order valence-corrected chi connectivity index (χ4v) is 2.24. The van der Waals surface area contributed by atoms with Crippen molar-refractivity contribution in [3.8, 4) is 0 Å². The van der Waals surface area contributed by atoms with Gasteiger partial charge >= 0.3 is 0 Å². The molecule has 21 heavy (non-hydrogen) atoms. The molecule has 1 saturated heterocycles. The molecule has 1 aliphatic heterocycles. The van der Waals surface area contributed by atoms with Crippen LogP contribution in [-0.4, -0.2) is 45.0 Å². The molecule has 0 radical (unpaired) electrons. The smallest absolute Gasteiger partial charge is 0.272 e. The number of aryl methyl sites for hydroxylation is 3. The summed E-state index contributed by atoms with van der Waals surface area (Å²) in [5, 5.41) is 15.4. The number of anilines is 1. The molecule has 3 heterocycles. The summed E-state index contributed by atoms with van der Waals surface area (Å²) in [4.78, 5) is 14.1. The van der Waals surface area contributed by atoms with Gasteiger partial charge in [0, 0.05) is 26.3 Å². The van der Waals surface area contributed by atoms with Gasteiger partial charge in [0.25, 0.3) is 5.91 Å². The summed E-state index contributed by atoms with van der Waals surface area (Å²) in [5.41, 5.74) is 2.52. The number of carbonyl (C=O) groups excluding carboxylic acids is 1. The largest absolute Gasteiger partial charge is 0.351 e. The molecule has 1 N–H and O–H groups in total. The van der Waals surface area contributed by atoms with Gasteiger partial charge in [-0.2, -0.15) is 10.2 Å². The van der Waals surface area contributed by atoms with Gasteiger partial charge in [-0.3, -0.25) is 9.48 Å². The monoisotopic (exact) mass is 286 g/mol. The van der Waals surface area contributed by atoms with Crippen LogP contribution < -0.4 is 10.2 Å². The first kappa shape index (κ1) is 13.5. The number of hydrogen-bond acceptors (Lipinski definition) is 5. The zero-order chi connectivity index (χ0) is 15.0. The molecule has 1 aliphatic rings. The Hall–Kier alpha value is -2.44. The van der Waals surface area contributed by atoms with Crippen LogP contribution in [0.25, 0.3) is 0 Å². The van der Waals surface area contributed by atoms with Crippen molar-refractivity contribution in [2.45, 2.75) is 19.9 Å². The van der Waals surface area contributed by atoms with Gasteiger partial charge in [0.2, 0.25) is 0 Å². The van der Waals surface area contributed by atoms with Crippen molar-refractivity contribution in [2.75, 3.05) is 18.0 Å². The van der Waals surface area contributed by atoms with Crippen molar-refractivity contribution in [1.29, 1.82) is 0 Å². The lowest BCUT2D eigenvalue weighted by atomic mass is 10.1. The third-order valence-electron chi connectivity index (χ3n) is 3.71. The first-order valence-electron chi connectivity index (χ1n) is 6.89. The molecule has 2 aromatic heterocycles. The van der Waals surface area contributed by atoms with E-state index < -0.39 is 0 Å². The molecule has 2 aromatic rings. The highest BCUT2D eigenvalue weighted by molar-refractivity contribution is 5.92. The van der Waals surface area contributed by atoms with E-state index in [2.05, 4.69) is 25.5 Å². The quantitative estimate of drug-likeness (QED) is 0.886. The Morgan fingerprint density at radius 2 is 2.10 bits per heavy atom. The minimum atomic E-state index is -0.133. The predicted octanol–water partition coefficient (Wildman–Crippen LogP) is 0.446. The van der Waals surface area contributed by atoms with Crippen LogP contribution in [0, 0.1) is 13.8 Å². The van der Waals surface area contributed by atoms with Gasteiger partial charge in [-0.15, -0.1) is 5.10 Å². The average Bonchev–Trinajstić information content (AvgIpc) is 2.83. The zero-order valence-corrected chi connectivity index (χ0v) is 12.4. The maximum atomic E-state index is 12.0. The summed E-state index contributed by atoms with van der Waals surface area (Å²) in [6.45, 7) is 5.46. The third kappa shape index (κ3) is 2.72. The summed E-state index contributed by atoms with van der Waals surface area (Å²) >= 11 is 0. The average molecular weight is 286 g/mol. The Kier molecular flexibility index (Phi) is 3.32. The van der Waals surface area contributed by atoms with Crippen molar-refractivity contribution in [1.82, 2.24) is 25.3 Å². The Labute approximate surface area is 123 Å². The van der Waals surface area contributed by atoms with Gasteiger partial charge in [-0.05, 0) is 31.5 Å². The van der Waals surface area contributed by atoms with Crippen LogP contribution in [-0.2, 0) is 7.05 Å². The molecular weight excluding hydrogens is 268 g/mol. The number of carbonyl (C=O) groups is 1. The predicted molar refractivity (Wildman–Crippen MR) is 78.2 cm³/mol. The van der Waals surface area contributed by atoms with Crippen LogP contribution >= 0.6 is 0 Å². The normalized spacial score (nSPS) is 14.9. The van der Waals surface area contributed by atoms with Gasteiger partial charge in [0.1, 0.15) is 5.69 Å². The highest BCUT2D eigenvalue weighted by Gasteiger charge is 2.30. The SMILES string of the molecule is Cc1cc(N2CC(NC(=O)c3ccn(C)n3)C2)nnc1C. The van der Waals surface area contributed by atoms with E-state index in [1.807, 2.05) is 19.9 Å². The zero-order valence-electron chi connectivity index (χ0n) is 12.4. The summed E-state index contributed by atoms with van der Waals surface area (Å²) < 4.78 is 1.62. The Morgan fingerprint density at radius 3 is 2.71 bits per heavy atom. The first-order chi connectivity index (χ1) is 10.0. The molecule has 0 unspecified atom stereocenters. The first-order valence-corrected chi connectivity index (χ1v) is 6.89. The minimum absolute atomic E-state index is 0.128. The van der Waals surface area contributed by atoms with E-state index in [0.717, 1.165) is 30.2 Å². The fraction of sp³-hybridized carbons (Fsp3) is 0.429. The molecule has 3 rings (SSSR count). The van der Waals surface area contributed by atoms with E-state index in [1.165, 1.54) is 0 Å². The molecule has 110 valence electrons. The lowest BCUT2D eigenvalue weighted by Gasteiger charge is -2.40. The van der Waals surface area contributed by atoms with Crippen LogP contribution in [0.1, 0.15) is 21.7 Å². The molecule has 0 spiro atoms. The number of hydrogen-bond donors (Lipinski definition) is 1. The molecular formula is C14H18N6O. The highest BCUT2D eigenvalue weighted by atomic mass is 16.2. The number of nitrogens with zero attached hydrogens (tertiary/aromatic N) is 5. The van der Waals surface area contributed by atoms with Crippen molar-refractivity contribution >= 4 is 11.7 Å². The lowest BCUT2D eigenvalue weighted by Crippen LogP contribution is -2.59. The highest BCUT2D eigenvalue weighted by Crippen LogP contribution is 2.19. The van der Waals surface area contributed by atoms with Crippen molar-refractivity contribution in [3.63, 3.8) is 0 Å². The van der Waals surface area contributed by atoms with Crippen molar-refractivity contribution in [2.24, 2.45) is 7.05 Å². The summed E-state index contributed by atoms with van der Waals surface area (Å²) in [5.74, 6) is 0.729. The maximum Gasteiger partial charge on any atom is 0.272 e. The van der Waals surface area contributed by atoms with E-state index >= 15 is 0 Å². The van der Waals surface area contributed by atoms with Gasteiger partial charge in [-0.1, -0.05) is 0 Å². The summed E-state index contributed by atoms with van der Waals surface area (Å²) in [6, 6.07) is 3.86. The number of nitrogens with one attached hydrogen (secondary N) is 1. The fourth-order valence-electron chi connectivity index (χ4n) is 2.24. The number of amides is 1. The van der Waals surface area contributed by atoms with Crippen LogP contribution in [0.15, 0.2) is 18.3 Å². The van der Waals surface area contributed by atoms with Gasteiger partial charge in [0.15, 0.2) is 5.82 Å². The topological polar surface area (TPSA) is 75.9 Å². The van der Waals surface area contributed by atoms with Gasteiger partial charge < -0.3 is 10.2 Å². The number of rotatable bonds is 3. The molecule has 7 heteroatoms. The van der Waals surface area contributed by atoms with Crippen molar-refractivity contribution in [3.05, 3.63) is 35.3 Å². The Bertz CT molecular complexity index is 674. The molecule has 7 nitrogen and oxygen atoms in total. The molecule has 0 bridgehead atoms. The molecule has 0 saturated carbocycles. The van der Waals surface area contributed by atoms with Crippen molar-refractivity contribution < 1.29 is 4.79 Å². The minimum Gasteiger partial charge on any atom is -0.351 e. The van der Waals surface area contributed by atoms with E-state index in [0.29, 0.717) is 5.69 Å². The molecule has 0 aliphatic carbocycles. The Morgan fingerprint density at radius 1 is 1.33 bits per heavy atom. The number of aromatic nitrogens is 4. The van der Waals surface area contributed by atoms with E-state index in [4.69, 9.17) is 0 Å². The molecule has 1 amide bonds. The molecule has 0 aromatic carbocycles. The van der Waals surface area contributed by atoms with Gasteiger partial charge in [-0.25, -0.2) is 0 Å². The van der Waals surface area contributed by atoms with Crippen LogP contribution in [0.4, 0.5) is 5.82 Å². The van der Waals surface area contributed by atoms with E-state index in [9.17, 15) is 4.79 Å². The molecule has 1 fully saturated rings. The lowest BCUT2D eigenvalue weighted by molar-refractivity contribution is 0.0924. The van der Waals surface area contributed by atoms with Gasteiger partial charge in [0.05, 0.1) is 11.7 Å².